The zero-order valence-corrected chi connectivity index (χ0v) is 16.7. The van der Waals surface area contributed by atoms with E-state index in [-0.39, 0.29) is 5.75 Å². The van der Waals surface area contributed by atoms with E-state index < -0.39 is 5.60 Å². The largest absolute Gasteiger partial charge is 0.507 e. The Labute approximate surface area is 171 Å². The Bertz CT molecular complexity index is 1060. The number of hydrogen-bond acceptors (Lipinski definition) is 5. The van der Waals surface area contributed by atoms with E-state index in [0.29, 0.717) is 31.0 Å². The molecule has 5 nitrogen and oxygen atoms in total. The van der Waals surface area contributed by atoms with Crippen molar-refractivity contribution in [1.29, 1.82) is 0 Å². The molecule has 2 aromatic carbocycles. The van der Waals surface area contributed by atoms with Gasteiger partial charge in [0.1, 0.15) is 17.1 Å². The first-order valence-electron chi connectivity index (χ1n) is 9.21. The molecule has 2 aliphatic heterocycles. The summed E-state index contributed by atoms with van der Waals surface area (Å²) in [6, 6.07) is 15.2. The van der Waals surface area contributed by atoms with E-state index in [0.717, 1.165) is 33.4 Å². The van der Waals surface area contributed by atoms with Gasteiger partial charge in [0.15, 0.2) is 0 Å². The van der Waals surface area contributed by atoms with E-state index in [1.807, 2.05) is 42.5 Å². The van der Waals surface area contributed by atoms with Crippen LogP contribution in [0.3, 0.4) is 0 Å². The number of fused-ring (bicyclic) bond motifs is 2. The minimum absolute atomic E-state index is 0.0459. The number of β-amino-alcohol motifs (C(OH)–C–C–N with tert-alkyl or cyclic N) is 1. The number of anilines is 1. The van der Waals surface area contributed by atoms with Crippen molar-refractivity contribution in [3.05, 3.63) is 81.6 Å². The highest BCUT2D eigenvalue weighted by Crippen LogP contribution is 2.50. The van der Waals surface area contributed by atoms with Crippen LogP contribution < -0.4 is 9.64 Å². The number of nitrogens with zero attached hydrogens (tertiary/aromatic N) is 2. The second-order valence-corrected chi connectivity index (χ2v) is 8.10. The maximum Gasteiger partial charge on any atom is 0.139 e. The molecule has 0 radical (unpaired) electrons. The van der Waals surface area contributed by atoms with Crippen LogP contribution in [0.1, 0.15) is 22.4 Å². The van der Waals surface area contributed by atoms with Crippen molar-refractivity contribution < 1.29 is 14.9 Å². The normalized spacial score (nSPS) is 20.0. The first-order valence-corrected chi connectivity index (χ1v) is 10.0. The molecular formula is C22H19BrN2O3. The summed E-state index contributed by atoms with van der Waals surface area (Å²) in [4.78, 5) is 6.52. The van der Waals surface area contributed by atoms with Crippen molar-refractivity contribution in [1.82, 2.24) is 4.98 Å². The van der Waals surface area contributed by atoms with E-state index in [2.05, 4.69) is 25.8 Å². The van der Waals surface area contributed by atoms with Crippen molar-refractivity contribution in [2.24, 2.45) is 0 Å². The van der Waals surface area contributed by atoms with E-state index >= 15 is 0 Å². The summed E-state index contributed by atoms with van der Waals surface area (Å²) in [7, 11) is 0. The van der Waals surface area contributed by atoms with E-state index in [9.17, 15) is 10.2 Å². The van der Waals surface area contributed by atoms with Crippen LogP contribution in [0.5, 0.6) is 11.5 Å². The lowest BCUT2D eigenvalue weighted by Gasteiger charge is -2.27. The van der Waals surface area contributed by atoms with Crippen LogP contribution in [-0.4, -0.2) is 28.3 Å². The number of phenolic OH excluding ortho intramolecular Hbond substituents is 1. The Balaban J connectivity index is 1.63. The van der Waals surface area contributed by atoms with E-state index in [1.54, 1.807) is 12.3 Å². The molecule has 0 aliphatic carbocycles. The number of aromatic nitrogens is 1. The van der Waals surface area contributed by atoms with Gasteiger partial charge in [-0.15, -0.1) is 0 Å². The molecule has 5 rings (SSSR count). The predicted molar refractivity (Wildman–Crippen MR) is 110 cm³/mol. The van der Waals surface area contributed by atoms with Crippen molar-refractivity contribution >= 4 is 21.6 Å². The number of hydrogen-bond donors (Lipinski definition) is 2. The smallest absolute Gasteiger partial charge is 0.139 e. The Kier molecular flexibility index (Phi) is 4.07. The summed E-state index contributed by atoms with van der Waals surface area (Å²) in [5.41, 5.74) is 2.79. The lowest BCUT2D eigenvalue weighted by Crippen LogP contribution is -2.34. The van der Waals surface area contributed by atoms with E-state index in [1.165, 1.54) is 0 Å². The molecule has 0 saturated heterocycles. The summed E-state index contributed by atoms with van der Waals surface area (Å²) < 4.78 is 6.37. The monoisotopic (exact) mass is 438 g/mol. The summed E-state index contributed by atoms with van der Waals surface area (Å²) in [6.45, 7) is 1.50. The average molecular weight is 439 g/mol. The number of rotatable bonds is 3. The molecule has 28 heavy (non-hydrogen) atoms. The zero-order valence-electron chi connectivity index (χ0n) is 15.1. The summed E-state index contributed by atoms with van der Waals surface area (Å²) in [6.07, 6.45) is 2.55. The molecule has 2 N–H and O–H groups in total. The van der Waals surface area contributed by atoms with Gasteiger partial charge in [-0.3, -0.25) is 4.98 Å². The molecule has 3 aromatic rings. The molecule has 0 spiro atoms. The molecule has 2 aliphatic rings. The highest BCUT2D eigenvalue weighted by Gasteiger charge is 2.46. The van der Waals surface area contributed by atoms with Crippen LogP contribution in [0, 0.1) is 0 Å². The van der Waals surface area contributed by atoms with Crippen molar-refractivity contribution in [3.63, 3.8) is 0 Å². The Morgan fingerprint density at radius 1 is 1.18 bits per heavy atom. The minimum atomic E-state index is -1.34. The van der Waals surface area contributed by atoms with Crippen LogP contribution in [0.15, 0.2) is 59.2 Å². The fraction of sp³-hybridized carbons (Fsp3) is 0.227. The number of ether oxygens (including phenoxy) is 1. The molecule has 0 bridgehead atoms. The van der Waals surface area contributed by atoms with Gasteiger partial charge in [-0.05, 0) is 35.9 Å². The fourth-order valence-corrected chi connectivity index (χ4v) is 4.90. The minimum Gasteiger partial charge on any atom is -0.507 e. The maximum atomic E-state index is 11.9. The SMILES string of the molecule is Oc1cc2c(cc1C1(O)CN(Cc3ccccn3)c3cccc(Br)c31)CCO2. The average Bonchev–Trinajstić information content (AvgIpc) is 3.25. The van der Waals surface area contributed by atoms with Crippen LogP contribution in [0.25, 0.3) is 0 Å². The first kappa shape index (κ1) is 17.5. The molecular weight excluding hydrogens is 420 g/mol. The van der Waals surface area contributed by atoms with Crippen molar-refractivity contribution in [2.75, 3.05) is 18.1 Å². The first-order chi connectivity index (χ1) is 13.6. The number of phenols is 1. The quantitative estimate of drug-likeness (QED) is 0.651. The Morgan fingerprint density at radius 3 is 2.89 bits per heavy atom. The van der Waals surface area contributed by atoms with Gasteiger partial charge >= 0.3 is 0 Å². The van der Waals surface area contributed by atoms with Crippen LogP contribution in [0.4, 0.5) is 5.69 Å². The van der Waals surface area contributed by atoms with Crippen LogP contribution in [0.2, 0.25) is 0 Å². The van der Waals surface area contributed by atoms with Gasteiger partial charge in [0.05, 0.1) is 25.4 Å². The van der Waals surface area contributed by atoms with Crippen LogP contribution in [-0.2, 0) is 18.6 Å². The van der Waals surface area contributed by atoms with Gasteiger partial charge in [0.2, 0.25) is 0 Å². The standard InChI is InChI=1S/C22H19BrN2O3/c23-17-5-3-6-18-21(17)22(27,13-25(18)12-15-4-1-2-8-24-15)16-10-14-7-9-28-20(14)11-19(16)26/h1-6,8,10-11,26-27H,7,9,12-13H2. The molecule has 0 fully saturated rings. The molecule has 1 atom stereocenters. The number of halogens is 1. The second-order valence-electron chi connectivity index (χ2n) is 7.25. The Morgan fingerprint density at radius 2 is 2.07 bits per heavy atom. The lowest BCUT2D eigenvalue weighted by molar-refractivity contribution is 0.0940. The summed E-state index contributed by atoms with van der Waals surface area (Å²) >= 11 is 3.61. The summed E-state index contributed by atoms with van der Waals surface area (Å²) in [5.74, 6) is 0.741. The van der Waals surface area contributed by atoms with Gasteiger partial charge in [-0.25, -0.2) is 0 Å². The fourth-order valence-electron chi connectivity index (χ4n) is 4.22. The molecule has 0 saturated carbocycles. The van der Waals surface area contributed by atoms with Gasteiger partial charge in [0, 0.05) is 40.0 Å². The topological polar surface area (TPSA) is 65.8 Å². The summed E-state index contributed by atoms with van der Waals surface area (Å²) in [5, 5.41) is 22.6. The van der Waals surface area contributed by atoms with Gasteiger partial charge < -0.3 is 19.8 Å². The highest BCUT2D eigenvalue weighted by molar-refractivity contribution is 9.10. The van der Waals surface area contributed by atoms with E-state index in [4.69, 9.17) is 4.74 Å². The third-order valence-electron chi connectivity index (χ3n) is 5.50. The van der Waals surface area contributed by atoms with Crippen molar-refractivity contribution in [2.45, 2.75) is 18.6 Å². The van der Waals surface area contributed by atoms with Gasteiger partial charge in [0.25, 0.3) is 0 Å². The molecule has 1 aromatic heterocycles. The second kappa shape index (κ2) is 6.50. The predicted octanol–water partition coefficient (Wildman–Crippen LogP) is 3.74. The van der Waals surface area contributed by atoms with Crippen molar-refractivity contribution in [3.8, 4) is 11.5 Å². The third kappa shape index (κ3) is 2.67. The number of benzene rings is 2. The van der Waals surface area contributed by atoms with Crippen LogP contribution >= 0.6 is 15.9 Å². The molecule has 1 unspecified atom stereocenters. The highest BCUT2D eigenvalue weighted by atomic mass is 79.9. The lowest BCUT2D eigenvalue weighted by atomic mass is 9.86. The number of aromatic hydroxyl groups is 1. The molecule has 6 heteroatoms. The maximum absolute atomic E-state index is 11.9. The number of aliphatic hydroxyl groups is 1. The zero-order chi connectivity index (χ0) is 19.3. The Hall–Kier alpha value is -2.57. The molecule has 142 valence electrons. The molecule has 0 amide bonds. The van der Waals surface area contributed by atoms with Gasteiger partial charge in [-0.1, -0.05) is 28.1 Å². The van der Waals surface area contributed by atoms with Gasteiger partial charge in [-0.2, -0.15) is 0 Å². The number of pyridine rings is 1. The third-order valence-corrected chi connectivity index (χ3v) is 6.16. The molecule has 3 heterocycles.